The Morgan fingerprint density at radius 1 is 1.03 bits per heavy atom. The molecule has 1 heterocycles. The molecule has 192 valence electrons. The lowest BCUT2D eigenvalue weighted by Crippen LogP contribution is -2.28. The number of esters is 1. The number of carbonyl (C=O) groups is 1. The maximum atomic E-state index is 13.4. The van der Waals surface area contributed by atoms with Gasteiger partial charge < -0.3 is 14.2 Å². The highest BCUT2D eigenvalue weighted by molar-refractivity contribution is 7.92. The highest BCUT2D eigenvalue weighted by Gasteiger charge is 2.26. The van der Waals surface area contributed by atoms with Gasteiger partial charge >= 0.3 is 5.97 Å². The summed E-state index contributed by atoms with van der Waals surface area (Å²) in [4.78, 5) is 25.0. The lowest BCUT2D eigenvalue weighted by Gasteiger charge is -2.23. The molecule has 1 aromatic heterocycles. The third kappa shape index (κ3) is 5.06. The number of hydrogen-bond donors (Lipinski definition) is 0. The van der Waals surface area contributed by atoms with Gasteiger partial charge in [0.15, 0.2) is 6.73 Å². The van der Waals surface area contributed by atoms with Crippen molar-refractivity contribution in [2.45, 2.75) is 11.6 Å². The molecule has 13 heteroatoms. The number of ether oxygens (including phenoxy) is 3. The Morgan fingerprint density at radius 3 is 2.49 bits per heavy atom. The molecule has 3 aromatic carbocycles. The first-order valence-corrected chi connectivity index (χ1v) is 12.5. The van der Waals surface area contributed by atoms with E-state index in [-0.39, 0.29) is 26.9 Å². The van der Waals surface area contributed by atoms with Gasteiger partial charge in [0.1, 0.15) is 17.0 Å². The van der Waals surface area contributed by atoms with Crippen LogP contribution in [0.15, 0.2) is 70.4 Å². The molecule has 0 saturated heterocycles. The van der Waals surface area contributed by atoms with Crippen LogP contribution >= 0.6 is 11.6 Å². The van der Waals surface area contributed by atoms with Gasteiger partial charge in [-0.25, -0.2) is 13.2 Å². The van der Waals surface area contributed by atoms with E-state index < -0.39 is 28.3 Å². The van der Waals surface area contributed by atoms with Crippen LogP contribution in [0.25, 0.3) is 10.9 Å². The summed E-state index contributed by atoms with van der Waals surface area (Å²) in [6.45, 7) is -0.506. The first-order chi connectivity index (χ1) is 17.7. The average Bonchev–Trinajstić information content (AvgIpc) is 2.92. The number of halogens is 1. The number of nitrogens with zero attached hydrogens (tertiary/aromatic N) is 4. The summed E-state index contributed by atoms with van der Waals surface area (Å²) in [6.07, 6.45) is 0. The van der Waals surface area contributed by atoms with Crippen LogP contribution in [0.5, 0.6) is 11.5 Å². The van der Waals surface area contributed by atoms with Crippen LogP contribution in [-0.2, 0) is 21.5 Å². The molecular formula is C24H21ClN4O7S. The molecule has 0 fully saturated rings. The van der Waals surface area contributed by atoms with Crippen LogP contribution in [-0.4, -0.2) is 50.6 Å². The number of aromatic nitrogens is 3. The van der Waals surface area contributed by atoms with Crippen molar-refractivity contribution in [3.8, 4) is 11.5 Å². The molecule has 0 aliphatic heterocycles. The van der Waals surface area contributed by atoms with E-state index in [0.717, 1.165) is 8.99 Å². The monoisotopic (exact) mass is 544 g/mol. The highest BCUT2D eigenvalue weighted by atomic mass is 35.5. The van der Waals surface area contributed by atoms with Crippen LogP contribution in [0.4, 0.5) is 5.69 Å². The largest absolute Gasteiger partial charge is 0.495 e. The van der Waals surface area contributed by atoms with E-state index in [1.165, 1.54) is 57.7 Å². The number of fused-ring (bicyclic) bond motifs is 1. The first-order valence-electron chi connectivity index (χ1n) is 10.7. The summed E-state index contributed by atoms with van der Waals surface area (Å²) in [6, 6.07) is 14.8. The van der Waals surface area contributed by atoms with Gasteiger partial charge in [0.2, 0.25) is 0 Å². The Bertz CT molecular complexity index is 1660. The minimum Gasteiger partial charge on any atom is -0.495 e. The van der Waals surface area contributed by atoms with Crippen molar-refractivity contribution in [3.05, 3.63) is 81.6 Å². The van der Waals surface area contributed by atoms with Gasteiger partial charge in [-0.05, 0) is 36.4 Å². The van der Waals surface area contributed by atoms with Gasteiger partial charge in [0.05, 0.1) is 40.8 Å². The first kappa shape index (κ1) is 25.9. The summed E-state index contributed by atoms with van der Waals surface area (Å²) in [5.41, 5.74) is 0.0434. The minimum atomic E-state index is -4.15. The molecule has 0 saturated carbocycles. The number of carbonyl (C=O) groups excluding carboxylic acids is 1. The Kier molecular flexibility index (Phi) is 7.32. The van der Waals surface area contributed by atoms with E-state index in [1.54, 1.807) is 24.3 Å². The maximum absolute atomic E-state index is 13.4. The van der Waals surface area contributed by atoms with Crippen LogP contribution < -0.4 is 19.3 Å². The fourth-order valence-corrected chi connectivity index (χ4v) is 4.95. The van der Waals surface area contributed by atoms with E-state index in [0.29, 0.717) is 16.7 Å². The summed E-state index contributed by atoms with van der Waals surface area (Å²) in [5, 5.41) is 8.20. The fraction of sp³-hybridized carbons (Fsp3) is 0.167. The van der Waals surface area contributed by atoms with Crippen molar-refractivity contribution in [3.63, 3.8) is 0 Å². The molecule has 0 amide bonds. The Labute approximate surface area is 216 Å². The molecular weight excluding hydrogens is 524 g/mol. The lowest BCUT2D eigenvalue weighted by atomic mass is 10.2. The van der Waals surface area contributed by atoms with E-state index in [4.69, 9.17) is 25.8 Å². The van der Waals surface area contributed by atoms with Gasteiger partial charge in [-0.15, -0.1) is 5.10 Å². The van der Waals surface area contributed by atoms with E-state index >= 15 is 0 Å². The molecule has 11 nitrogen and oxygen atoms in total. The van der Waals surface area contributed by atoms with E-state index in [1.807, 2.05) is 0 Å². The quantitative estimate of drug-likeness (QED) is 0.307. The normalized spacial score (nSPS) is 11.2. The third-order valence-corrected chi connectivity index (χ3v) is 7.53. The van der Waals surface area contributed by atoms with Crippen molar-refractivity contribution in [1.29, 1.82) is 0 Å². The van der Waals surface area contributed by atoms with Crippen LogP contribution in [0.1, 0.15) is 10.4 Å². The summed E-state index contributed by atoms with van der Waals surface area (Å²) in [7, 11) is -0.0130. The zero-order chi connectivity index (χ0) is 26.7. The molecule has 4 aromatic rings. The predicted octanol–water partition coefficient (Wildman–Crippen LogP) is 3.10. The zero-order valence-corrected chi connectivity index (χ0v) is 21.5. The van der Waals surface area contributed by atoms with Crippen molar-refractivity contribution in [2.24, 2.45) is 0 Å². The minimum absolute atomic E-state index is 0.0454. The summed E-state index contributed by atoms with van der Waals surface area (Å²) >= 11 is 6.20. The van der Waals surface area contributed by atoms with Gasteiger partial charge in [0.25, 0.3) is 15.6 Å². The topological polar surface area (TPSA) is 130 Å². The summed E-state index contributed by atoms with van der Waals surface area (Å²) < 4.78 is 44.3. The molecule has 0 unspecified atom stereocenters. The second-order valence-electron chi connectivity index (χ2n) is 7.63. The van der Waals surface area contributed by atoms with Crippen LogP contribution in [0, 0.1) is 0 Å². The molecule has 0 aliphatic rings. The van der Waals surface area contributed by atoms with Crippen LogP contribution in [0.3, 0.4) is 0 Å². The molecule has 37 heavy (non-hydrogen) atoms. The summed E-state index contributed by atoms with van der Waals surface area (Å²) in [5.74, 6) is -0.329. The number of anilines is 1. The van der Waals surface area contributed by atoms with Gasteiger partial charge in [-0.1, -0.05) is 35.0 Å². The molecule has 0 bridgehead atoms. The number of sulfonamides is 1. The molecule has 0 aliphatic carbocycles. The van der Waals surface area contributed by atoms with Crippen molar-refractivity contribution in [2.75, 3.05) is 25.6 Å². The number of benzene rings is 3. The molecule has 0 spiro atoms. The third-order valence-electron chi connectivity index (χ3n) is 5.47. The zero-order valence-electron chi connectivity index (χ0n) is 19.9. The average molecular weight is 545 g/mol. The highest BCUT2D eigenvalue weighted by Crippen LogP contribution is 2.39. The van der Waals surface area contributed by atoms with Crippen LogP contribution in [0.2, 0.25) is 5.02 Å². The fourth-order valence-electron chi connectivity index (χ4n) is 3.47. The Morgan fingerprint density at radius 2 is 1.76 bits per heavy atom. The number of rotatable bonds is 8. The Balaban J connectivity index is 1.58. The van der Waals surface area contributed by atoms with E-state index in [9.17, 15) is 18.0 Å². The van der Waals surface area contributed by atoms with Gasteiger partial charge in [-0.3, -0.25) is 9.10 Å². The second kappa shape index (κ2) is 10.4. The number of methoxy groups -OCH3 is 2. The lowest BCUT2D eigenvalue weighted by molar-refractivity contribution is 0.0336. The van der Waals surface area contributed by atoms with Crippen molar-refractivity contribution >= 4 is 44.2 Å². The van der Waals surface area contributed by atoms with E-state index in [2.05, 4.69) is 10.3 Å². The van der Waals surface area contributed by atoms with Gasteiger partial charge in [0, 0.05) is 13.1 Å². The molecule has 0 N–H and O–H groups in total. The second-order valence-corrected chi connectivity index (χ2v) is 10.0. The standard InChI is InChI=1S/C24H21ClN4O7S/c1-28(20-12-18(25)21(34-2)13-22(20)35-3)37(32,33)16-8-6-7-15(11-16)24(31)36-14-29-23(30)17-9-4-5-10-19(17)26-27-29/h4-13H,14H2,1-3H3. The molecule has 4 rings (SSSR count). The molecule has 0 radical (unpaired) electrons. The smallest absolute Gasteiger partial charge is 0.339 e. The van der Waals surface area contributed by atoms with Crippen molar-refractivity contribution < 1.29 is 27.4 Å². The SMILES string of the molecule is COc1cc(OC)c(N(C)S(=O)(=O)c2cccc(C(=O)OCn3nnc4ccccc4c3=O)c2)cc1Cl. The number of hydrogen-bond acceptors (Lipinski definition) is 9. The van der Waals surface area contributed by atoms with Crippen molar-refractivity contribution in [1.82, 2.24) is 15.0 Å². The van der Waals surface area contributed by atoms with Gasteiger partial charge in [-0.2, -0.15) is 4.68 Å². The maximum Gasteiger partial charge on any atom is 0.339 e. The predicted molar refractivity (Wildman–Crippen MR) is 136 cm³/mol. The molecule has 0 atom stereocenters. The Hall–Kier alpha value is -4.16.